The number of nitrogens with one attached hydrogen (secondary N) is 2. The molecule has 1 saturated heterocycles. The van der Waals surface area contributed by atoms with Crippen molar-refractivity contribution >= 4 is 45.0 Å². The van der Waals surface area contributed by atoms with Gasteiger partial charge in [-0.2, -0.15) is 0 Å². The predicted molar refractivity (Wildman–Crippen MR) is 133 cm³/mol. The maximum atomic E-state index is 13.9. The zero-order valence-electron chi connectivity index (χ0n) is 19.2. The molecule has 3 heterocycles. The van der Waals surface area contributed by atoms with E-state index in [2.05, 4.69) is 31.5 Å². The van der Waals surface area contributed by atoms with E-state index >= 15 is 0 Å². The zero-order chi connectivity index (χ0) is 24.9. The lowest BCUT2D eigenvalue weighted by Gasteiger charge is -2.36. The highest BCUT2D eigenvalue weighted by Crippen LogP contribution is 2.37. The molecule has 2 aliphatic rings. The Morgan fingerprint density at radius 3 is 2.94 bits per heavy atom. The van der Waals surface area contributed by atoms with Crippen molar-refractivity contribution in [3.63, 3.8) is 0 Å². The van der Waals surface area contributed by atoms with Crippen LogP contribution in [0.5, 0.6) is 0 Å². The van der Waals surface area contributed by atoms with Crippen molar-refractivity contribution in [1.29, 1.82) is 0 Å². The number of nitrogens with zero attached hydrogens (tertiary/aromatic N) is 3. The van der Waals surface area contributed by atoms with Crippen molar-refractivity contribution in [3.8, 4) is 0 Å². The third-order valence-corrected chi connectivity index (χ3v) is 7.13. The summed E-state index contributed by atoms with van der Waals surface area (Å²) < 4.78 is 25.3. The van der Waals surface area contributed by atoms with Crippen molar-refractivity contribution < 1.29 is 23.5 Å². The van der Waals surface area contributed by atoms with Gasteiger partial charge in [0.2, 0.25) is 5.91 Å². The monoisotopic (exact) mass is 565 g/mol. The van der Waals surface area contributed by atoms with Gasteiger partial charge in [-0.15, -0.1) is 11.3 Å². The van der Waals surface area contributed by atoms with E-state index in [1.165, 1.54) is 23.5 Å². The van der Waals surface area contributed by atoms with Crippen LogP contribution in [-0.2, 0) is 19.1 Å². The van der Waals surface area contributed by atoms with Crippen molar-refractivity contribution in [3.05, 3.63) is 61.9 Å². The molecule has 1 fully saturated rings. The van der Waals surface area contributed by atoms with E-state index in [1.807, 2.05) is 10.3 Å². The summed E-state index contributed by atoms with van der Waals surface area (Å²) in [6, 6.07) is 2.95. The third kappa shape index (κ3) is 5.61. The fraction of sp³-hybridized carbons (Fsp3) is 0.391. The lowest BCUT2D eigenvalue weighted by atomic mass is 9.95. The highest BCUT2D eigenvalue weighted by Gasteiger charge is 2.37. The smallest absolute Gasteiger partial charge is 0.338 e. The average Bonchev–Trinajstić information content (AvgIpc) is 3.39. The molecule has 1 amide bonds. The molecule has 2 aromatic rings. The Kier molecular flexibility index (Phi) is 8.26. The minimum atomic E-state index is -0.779. The maximum Gasteiger partial charge on any atom is 0.338 e. The number of thiazole rings is 1. The molecular formula is C23H25BrFN5O4S. The molecule has 1 aromatic carbocycles. The fourth-order valence-electron chi connectivity index (χ4n) is 4.01. The Hall–Kier alpha value is -2.67. The SMILES string of the molecule is CCOC(=O)C1=C(CN2CCOCC2C(=O)NC)NC(c2nccs2)=NC1c1ccc(F)cc1Br. The number of morpholine rings is 1. The molecule has 2 atom stereocenters. The van der Waals surface area contributed by atoms with Gasteiger partial charge < -0.3 is 20.1 Å². The third-order valence-electron chi connectivity index (χ3n) is 5.66. The molecule has 2 aliphatic heterocycles. The van der Waals surface area contributed by atoms with Crippen molar-refractivity contribution in [2.75, 3.05) is 40.0 Å². The quantitative estimate of drug-likeness (QED) is 0.496. The molecule has 2 N–H and O–H groups in total. The number of hydrogen-bond donors (Lipinski definition) is 2. The number of rotatable bonds is 7. The topological polar surface area (TPSA) is 105 Å². The van der Waals surface area contributed by atoms with E-state index in [1.54, 1.807) is 26.2 Å². The molecule has 2 unspecified atom stereocenters. The summed E-state index contributed by atoms with van der Waals surface area (Å²) in [6.07, 6.45) is 1.67. The van der Waals surface area contributed by atoms with Gasteiger partial charge in [-0.05, 0) is 24.6 Å². The van der Waals surface area contributed by atoms with Crippen LogP contribution in [-0.4, -0.2) is 73.6 Å². The summed E-state index contributed by atoms with van der Waals surface area (Å²) in [5, 5.41) is 8.41. The second-order valence-corrected chi connectivity index (χ2v) is 9.55. The van der Waals surface area contributed by atoms with E-state index in [0.29, 0.717) is 45.3 Å². The lowest BCUT2D eigenvalue weighted by Crippen LogP contribution is -2.54. The minimum Gasteiger partial charge on any atom is -0.463 e. The standard InChI is InChI=1S/C23H25BrFN5O4S/c1-3-34-23(32)18-16(11-30-7-8-33-12-17(30)21(31)26-2)28-20(22-27-6-9-35-22)29-19(18)14-5-4-13(25)10-15(14)24/h4-6,9-10,17,19H,3,7-8,11-12H2,1-2H3,(H,26,31)(H,28,29). The van der Waals surface area contributed by atoms with Crippen LogP contribution in [0.3, 0.4) is 0 Å². The van der Waals surface area contributed by atoms with Gasteiger partial charge in [0.05, 0.1) is 25.4 Å². The van der Waals surface area contributed by atoms with Gasteiger partial charge in [0.1, 0.15) is 17.9 Å². The zero-order valence-corrected chi connectivity index (χ0v) is 21.6. The van der Waals surface area contributed by atoms with Gasteiger partial charge >= 0.3 is 5.97 Å². The summed E-state index contributed by atoms with van der Waals surface area (Å²) in [7, 11) is 1.58. The number of ether oxygens (including phenoxy) is 2. The number of amidine groups is 1. The summed E-state index contributed by atoms with van der Waals surface area (Å²) in [6.45, 7) is 3.33. The van der Waals surface area contributed by atoms with E-state index in [0.717, 1.165) is 0 Å². The summed E-state index contributed by atoms with van der Waals surface area (Å²) in [5.41, 5.74) is 1.44. The molecule has 0 spiro atoms. The number of likely N-dealkylation sites (N-methyl/N-ethyl adjacent to an activating group) is 1. The van der Waals surface area contributed by atoms with Gasteiger partial charge in [-0.1, -0.05) is 22.0 Å². The molecule has 1 aromatic heterocycles. The highest BCUT2D eigenvalue weighted by atomic mass is 79.9. The Morgan fingerprint density at radius 2 is 2.26 bits per heavy atom. The minimum absolute atomic E-state index is 0.175. The Bertz CT molecular complexity index is 1160. The molecule has 0 saturated carbocycles. The number of halogens is 2. The second-order valence-electron chi connectivity index (χ2n) is 7.80. The van der Waals surface area contributed by atoms with E-state index in [9.17, 15) is 14.0 Å². The van der Waals surface area contributed by atoms with Crippen LogP contribution in [0.1, 0.15) is 23.5 Å². The van der Waals surface area contributed by atoms with Crippen LogP contribution < -0.4 is 10.6 Å². The molecule has 4 rings (SSSR count). The average molecular weight is 566 g/mol. The van der Waals surface area contributed by atoms with E-state index < -0.39 is 23.9 Å². The Balaban J connectivity index is 1.82. The number of aliphatic imine (C=N–C) groups is 1. The normalized spacial score (nSPS) is 20.7. The molecule has 12 heteroatoms. The van der Waals surface area contributed by atoms with E-state index in [-0.39, 0.29) is 25.7 Å². The number of carbonyl (C=O) groups is 2. The van der Waals surface area contributed by atoms with E-state index in [4.69, 9.17) is 14.5 Å². The predicted octanol–water partition coefficient (Wildman–Crippen LogP) is 2.40. The van der Waals surface area contributed by atoms with Gasteiger partial charge in [-0.3, -0.25) is 14.7 Å². The molecule has 0 aliphatic carbocycles. The summed E-state index contributed by atoms with van der Waals surface area (Å²) in [4.78, 5) is 36.9. The van der Waals surface area contributed by atoms with Crippen LogP contribution in [0, 0.1) is 5.82 Å². The first-order chi connectivity index (χ1) is 16.9. The number of carbonyl (C=O) groups excluding carboxylic acids is 2. The lowest BCUT2D eigenvalue weighted by molar-refractivity contribution is -0.139. The first-order valence-electron chi connectivity index (χ1n) is 11.1. The van der Waals surface area contributed by atoms with Crippen molar-refractivity contribution in [2.24, 2.45) is 4.99 Å². The maximum absolute atomic E-state index is 13.9. The first-order valence-corrected chi connectivity index (χ1v) is 12.7. The number of aromatic nitrogens is 1. The Labute approximate surface area is 214 Å². The molecule has 35 heavy (non-hydrogen) atoms. The first kappa shape index (κ1) is 25.4. The molecular weight excluding hydrogens is 541 g/mol. The molecule has 186 valence electrons. The van der Waals surface area contributed by atoms with Gasteiger partial charge in [0, 0.05) is 41.9 Å². The number of esters is 1. The highest BCUT2D eigenvalue weighted by molar-refractivity contribution is 9.10. The molecule has 0 bridgehead atoms. The van der Waals surface area contributed by atoms with Crippen LogP contribution in [0.4, 0.5) is 4.39 Å². The van der Waals surface area contributed by atoms with Crippen LogP contribution in [0.25, 0.3) is 0 Å². The molecule has 0 radical (unpaired) electrons. The van der Waals surface area contributed by atoms with Crippen molar-refractivity contribution in [1.82, 2.24) is 20.5 Å². The number of benzene rings is 1. The largest absolute Gasteiger partial charge is 0.463 e. The second kappa shape index (κ2) is 11.4. The Morgan fingerprint density at radius 1 is 1.43 bits per heavy atom. The summed E-state index contributed by atoms with van der Waals surface area (Å²) in [5.74, 6) is -0.648. The number of hydrogen-bond acceptors (Lipinski definition) is 9. The van der Waals surface area contributed by atoms with Crippen LogP contribution in [0.2, 0.25) is 0 Å². The fourth-order valence-corrected chi connectivity index (χ4v) is 5.16. The van der Waals surface area contributed by atoms with Crippen LogP contribution >= 0.6 is 27.3 Å². The van der Waals surface area contributed by atoms with Gasteiger partial charge in [0.15, 0.2) is 10.8 Å². The van der Waals surface area contributed by atoms with Gasteiger partial charge in [-0.25, -0.2) is 14.2 Å². The van der Waals surface area contributed by atoms with Crippen molar-refractivity contribution in [2.45, 2.75) is 19.0 Å². The number of amides is 1. The van der Waals surface area contributed by atoms with Crippen LogP contribution in [0.15, 0.2) is 50.5 Å². The molecule has 9 nitrogen and oxygen atoms in total. The van der Waals surface area contributed by atoms with Gasteiger partial charge in [0.25, 0.3) is 0 Å². The summed E-state index contributed by atoms with van der Waals surface area (Å²) >= 11 is 4.82.